The minimum absolute atomic E-state index is 0.0145. The Kier molecular flexibility index (Phi) is 3.34. The number of nitrogens with zero attached hydrogens (tertiary/aromatic N) is 6. The van der Waals surface area contributed by atoms with Crippen molar-refractivity contribution < 1.29 is 13.5 Å². The molecule has 0 amide bonds. The first-order chi connectivity index (χ1) is 10.6. The standard InChI is InChI=1S/C13H8F2N6O/c1-22-12-7(4-16)2-3-8(20-12)9-5-17-11-10(19-9)6-18-21(11)13(14)15/h2-3,5-6,13H,1H3. The van der Waals surface area contributed by atoms with Crippen LogP contribution in [-0.4, -0.2) is 31.8 Å². The second kappa shape index (κ2) is 5.33. The van der Waals surface area contributed by atoms with Gasteiger partial charge < -0.3 is 4.74 Å². The molecule has 3 aromatic rings. The Morgan fingerprint density at radius 1 is 1.23 bits per heavy atom. The molecule has 3 aromatic heterocycles. The summed E-state index contributed by atoms with van der Waals surface area (Å²) in [6.45, 7) is -2.79. The van der Waals surface area contributed by atoms with Crippen molar-refractivity contribution in [1.82, 2.24) is 24.7 Å². The molecule has 0 N–H and O–H groups in total. The zero-order chi connectivity index (χ0) is 15.7. The monoisotopic (exact) mass is 302 g/mol. The van der Waals surface area contributed by atoms with Gasteiger partial charge in [-0.3, -0.25) is 0 Å². The third-order valence-corrected chi connectivity index (χ3v) is 2.92. The number of fused-ring (bicyclic) bond motifs is 1. The number of ether oxygens (including phenoxy) is 1. The third-order valence-electron chi connectivity index (χ3n) is 2.92. The number of pyridine rings is 1. The lowest BCUT2D eigenvalue weighted by atomic mass is 10.2. The van der Waals surface area contributed by atoms with Gasteiger partial charge in [-0.05, 0) is 12.1 Å². The van der Waals surface area contributed by atoms with Crippen molar-refractivity contribution in [2.75, 3.05) is 7.11 Å². The number of aromatic nitrogens is 5. The highest BCUT2D eigenvalue weighted by atomic mass is 19.3. The molecule has 3 heterocycles. The minimum Gasteiger partial charge on any atom is -0.480 e. The van der Waals surface area contributed by atoms with Crippen molar-refractivity contribution in [3.05, 3.63) is 30.1 Å². The molecule has 22 heavy (non-hydrogen) atoms. The fourth-order valence-corrected chi connectivity index (χ4v) is 1.92. The summed E-state index contributed by atoms with van der Waals surface area (Å²) in [5, 5.41) is 12.5. The summed E-state index contributed by atoms with van der Waals surface area (Å²) in [5.74, 6) is 0.158. The Morgan fingerprint density at radius 2 is 2.05 bits per heavy atom. The minimum atomic E-state index is -2.79. The molecule has 0 atom stereocenters. The average Bonchev–Trinajstić information content (AvgIpc) is 2.97. The molecule has 0 spiro atoms. The highest BCUT2D eigenvalue weighted by molar-refractivity contribution is 5.72. The van der Waals surface area contributed by atoms with Gasteiger partial charge in [0.2, 0.25) is 5.88 Å². The highest BCUT2D eigenvalue weighted by Crippen LogP contribution is 2.23. The fourth-order valence-electron chi connectivity index (χ4n) is 1.92. The van der Waals surface area contributed by atoms with E-state index in [1.807, 2.05) is 6.07 Å². The van der Waals surface area contributed by atoms with Crippen molar-refractivity contribution in [3.8, 4) is 23.3 Å². The van der Waals surface area contributed by atoms with E-state index in [9.17, 15) is 8.78 Å². The molecule has 0 bridgehead atoms. The Bertz CT molecular complexity index is 886. The molecule has 0 aliphatic heterocycles. The van der Waals surface area contributed by atoms with E-state index in [4.69, 9.17) is 10.00 Å². The van der Waals surface area contributed by atoms with Crippen molar-refractivity contribution in [2.24, 2.45) is 0 Å². The Hall–Kier alpha value is -3.15. The largest absolute Gasteiger partial charge is 0.480 e. The van der Waals surface area contributed by atoms with Gasteiger partial charge in [0.25, 0.3) is 0 Å². The van der Waals surface area contributed by atoms with Gasteiger partial charge in [-0.1, -0.05) is 0 Å². The number of hydrogen-bond acceptors (Lipinski definition) is 6. The molecule has 3 rings (SSSR count). The molecule has 0 aliphatic rings. The molecule has 0 saturated carbocycles. The smallest absolute Gasteiger partial charge is 0.335 e. The predicted octanol–water partition coefficient (Wildman–Crippen LogP) is 2.16. The summed E-state index contributed by atoms with van der Waals surface area (Å²) < 4.78 is 30.9. The van der Waals surface area contributed by atoms with E-state index in [1.165, 1.54) is 25.6 Å². The quantitative estimate of drug-likeness (QED) is 0.736. The summed E-state index contributed by atoms with van der Waals surface area (Å²) in [6, 6.07) is 5.07. The lowest BCUT2D eigenvalue weighted by Gasteiger charge is -2.05. The number of nitriles is 1. The second-order valence-electron chi connectivity index (χ2n) is 4.20. The van der Waals surface area contributed by atoms with Crippen LogP contribution in [0.5, 0.6) is 5.88 Å². The number of rotatable bonds is 3. The normalized spacial score (nSPS) is 10.9. The zero-order valence-electron chi connectivity index (χ0n) is 11.2. The van der Waals surface area contributed by atoms with Crippen LogP contribution in [0, 0.1) is 11.3 Å². The van der Waals surface area contributed by atoms with Gasteiger partial charge in [-0.15, -0.1) is 0 Å². The maximum absolute atomic E-state index is 12.7. The average molecular weight is 302 g/mol. The zero-order valence-corrected chi connectivity index (χ0v) is 11.2. The van der Waals surface area contributed by atoms with Gasteiger partial charge in [0.15, 0.2) is 5.65 Å². The maximum Gasteiger partial charge on any atom is 0.335 e. The van der Waals surface area contributed by atoms with E-state index in [2.05, 4.69) is 20.1 Å². The molecule has 0 unspecified atom stereocenters. The molecular formula is C13H8F2N6O. The van der Waals surface area contributed by atoms with Crippen LogP contribution in [0.15, 0.2) is 24.5 Å². The van der Waals surface area contributed by atoms with Crippen LogP contribution in [-0.2, 0) is 0 Å². The summed E-state index contributed by atoms with van der Waals surface area (Å²) in [4.78, 5) is 12.3. The lowest BCUT2D eigenvalue weighted by molar-refractivity contribution is 0.0608. The van der Waals surface area contributed by atoms with Crippen LogP contribution in [0.2, 0.25) is 0 Å². The number of methoxy groups -OCH3 is 1. The van der Waals surface area contributed by atoms with Crippen molar-refractivity contribution in [2.45, 2.75) is 6.55 Å². The Labute approximate surface area is 122 Å². The van der Waals surface area contributed by atoms with E-state index >= 15 is 0 Å². The van der Waals surface area contributed by atoms with E-state index in [-0.39, 0.29) is 22.6 Å². The van der Waals surface area contributed by atoms with Crippen molar-refractivity contribution in [1.29, 1.82) is 5.26 Å². The second-order valence-corrected chi connectivity index (χ2v) is 4.20. The van der Waals surface area contributed by atoms with E-state index in [0.29, 0.717) is 16.1 Å². The topological polar surface area (TPSA) is 89.5 Å². The SMILES string of the molecule is COc1nc(-c2cnc3c(cnn3C(F)F)n2)ccc1C#N. The van der Waals surface area contributed by atoms with Gasteiger partial charge in [0, 0.05) is 0 Å². The Balaban J connectivity index is 2.09. The number of hydrogen-bond donors (Lipinski definition) is 0. The van der Waals surface area contributed by atoms with Gasteiger partial charge in [-0.25, -0.2) is 15.0 Å². The summed E-state index contributed by atoms with van der Waals surface area (Å²) in [7, 11) is 1.40. The predicted molar refractivity (Wildman–Crippen MR) is 71.1 cm³/mol. The summed E-state index contributed by atoms with van der Waals surface area (Å²) >= 11 is 0. The van der Waals surface area contributed by atoms with Crippen molar-refractivity contribution >= 4 is 11.2 Å². The van der Waals surface area contributed by atoms with Crippen LogP contribution in [0.3, 0.4) is 0 Å². The lowest BCUT2D eigenvalue weighted by Crippen LogP contribution is -2.01. The van der Waals surface area contributed by atoms with Gasteiger partial charge in [0.1, 0.15) is 22.8 Å². The van der Waals surface area contributed by atoms with E-state index in [1.54, 1.807) is 6.07 Å². The van der Waals surface area contributed by atoms with Crippen LogP contribution in [0.1, 0.15) is 12.1 Å². The number of alkyl halides is 2. The molecule has 0 radical (unpaired) electrons. The highest BCUT2D eigenvalue weighted by Gasteiger charge is 2.15. The maximum atomic E-state index is 12.7. The van der Waals surface area contributed by atoms with Crippen LogP contribution in [0.4, 0.5) is 8.78 Å². The number of halogens is 2. The fraction of sp³-hybridized carbons (Fsp3) is 0.154. The van der Waals surface area contributed by atoms with Crippen molar-refractivity contribution in [3.63, 3.8) is 0 Å². The first kappa shape index (κ1) is 13.8. The molecule has 0 aliphatic carbocycles. The molecular weight excluding hydrogens is 294 g/mol. The van der Waals surface area contributed by atoms with Gasteiger partial charge >= 0.3 is 6.55 Å². The van der Waals surface area contributed by atoms with E-state index in [0.717, 1.165) is 0 Å². The molecule has 0 aromatic carbocycles. The molecule has 9 heteroatoms. The molecule has 7 nitrogen and oxygen atoms in total. The van der Waals surface area contributed by atoms with Gasteiger partial charge in [-0.2, -0.15) is 23.8 Å². The Morgan fingerprint density at radius 3 is 2.73 bits per heavy atom. The summed E-state index contributed by atoms with van der Waals surface area (Å²) in [6.07, 6.45) is 2.52. The van der Waals surface area contributed by atoms with Crippen LogP contribution in [0.25, 0.3) is 22.6 Å². The first-order valence-electron chi connectivity index (χ1n) is 6.08. The molecule has 0 saturated heterocycles. The third kappa shape index (κ3) is 2.20. The first-order valence-corrected chi connectivity index (χ1v) is 6.08. The molecule has 0 fully saturated rings. The van der Waals surface area contributed by atoms with Crippen LogP contribution < -0.4 is 4.74 Å². The van der Waals surface area contributed by atoms with E-state index < -0.39 is 6.55 Å². The molecule has 110 valence electrons. The summed E-state index contributed by atoms with van der Waals surface area (Å²) in [5.41, 5.74) is 1.27. The van der Waals surface area contributed by atoms with Crippen LogP contribution >= 0.6 is 0 Å². The van der Waals surface area contributed by atoms with Gasteiger partial charge in [0.05, 0.1) is 25.2 Å².